The highest BCUT2D eigenvalue weighted by atomic mass is 32.1. The fourth-order valence-electron chi connectivity index (χ4n) is 2.16. The topological polar surface area (TPSA) is 57.6 Å². The number of carbonyl (C=O) groups excluding carboxylic acids is 1. The van der Waals surface area contributed by atoms with Crippen LogP contribution in [0, 0.1) is 6.92 Å². The van der Waals surface area contributed by atoms with E-state index in [1.54, 1.807) is 0 Å². The molecule has 20 heavy (non-hydrogen) atoms. The van der Waals surface area contributed by atoms with Gasteiger partial charge in [0, 0.05) is 22.0 Å². The number of hydrogen-bond acceptors (Lipinski definition) is 3. The molecule has 0 spiro atoms. The van der Waals surface area contributed by atoms with Gasteiger partial charge < -0.3 is 10.0 Å². The number of fused-ring (bicyclic) bond motifs is 1. The zero-order chi connectivity index (χ0) is 14.7. The number of carboxylic acid groups (broad SMARTS) is 1. The highest BCUT2D eigenvalue weighted by molar-refractivity contribution is 7.17. The van der Waals surface area contributed by atoms with Crippen LogP contribution in [0.2, 0.25) is 0 Å². The molecular weight excluding hydrogens is 274 g/mol. The Kier molecular flexibility index (Phi) is 4.39. The van der Waals surface area contributed by atoms with Crippen molar-refractivity contribution in [3.63, 3.8) is 0 Å². The molecule has 0 atom stereocenters. The fraction of sp³-hybridized carbons (Fsp3) is 0.333. The second-order valence-electron chi connectivity index (χ2n) is 4.77. The molecule has 106 valence electrons. The number of carboxylic acids is 1. The van der Waals surface area contributed by atoms with Crippen LogP contribution in [0.25, 0.3) is 10.1 Å². The maximum absolute atomic E-state index is 12.5. The van der Waals surface area contributed by atoms with E-state index in [4.69, 9.17) is 5.11 Å². The molecule has 0 saturated carbocycles. The molecule has 0 bridgehead atoms. The maximum Gasteiger partial charge on any atom is 0.323 e. The summed E-state index contributed by atoms with van der Waals surface area (Å²) in [6, 6.07) is 5.94. The Balaban J connectivity index is 2.35. The van der Waals surface area contributed by atoms with Crippen LogP contribution in [0.5, 0.6) is 0 Å². The largest absolute Gasteiger partial charge is 0.480 e. The first-order chi connectivity index (χ1) is 9.52. The van der Waals surface area contributed by atoms with Crippen molar-refractivity contribution in [3.05, 3.63) is 34.7 Å². The van der Waals surface area contributed by atoms with Gasteiger partial charge in [0.2, 0.25) is 0 Å². The summed E-state index contributed by atoms with van der Waals surface area (Å²) in [7, 11) is 0. The van der Waals surface area contributed by atoms with Crippen LogP contribution in [0.3, 0.4) is 0 Å². The molecule has 0 aliphatic heterocycles. The summed E-state index contributed by atoms with van der Waals surface area (Å²) >= 11 is 1.52. The molecule has 0 unspecified atom stereocenters. The van der Waals surface area contributed by atoms with Crippen molar-refractivity contribution >= 4 is 33.3 Å². The monoisotopic (exact) mass is 291 g/mol. The number of benzene rings is 1. The van der Waals surface area contributed by atoms with Crippen molar-refractivity contribution in [1.82, 2.24) is 4.90 Å². The van der Waals surface area contributed by atoms with Gasteiger partial charge in [-0.25, -0.2) is 0 Å². The molecule has 5 heteroatoms. The number of carbonyl (C=O) groups is 2. The van der Waals surface area contributed by atoms with Gasteiger partial charge in [0.05, 0.1) is 5.56 Å². The number of aryl methyl sites for hydroxylation is 1. The zero-order valence-corrected chi connectivity index (χ0v) is 12.4. The van der Waals surface area contributed by atoms with E-state index in [1.807, 2.05) is 37.4 Å². The minimum Gasteiger partial charge on any atom is -0.480 e. The minimum absolute atomic E-state index is 0.204. The Labute approximate surface area is 121 Å². The number of amides is 1. The van der Waals surface area contributed by atoms with Gasteiger partial charge in [-0.1, -0.05) is 19.1 Å². The molecule has 1 aromatic heterocycles. The van der Waals surface area contributed by atoms with Crippen LogP contribution < -0.4 is 0 Å². The Morgan fingerprint density at radius 1 is 1.35 bits per heavy atom. The fourth-order valence-corrected chi connectivity index (χ4v) is 3.19. The lowest BCUT2D eigenvalue weighted by molar-refractivity contribution is -0.137. The highest BCUT2D eigenvalue weighted by Gasteiger charge is 2.20. The van der Waals surface area contributed by atoms with Crippen LogP contribution in [0.1, 0.15) is 29.3 Å². The maximum atomic E-state index is 12.5. The molecule has 1 amide bonds. The van der Waals surface area contributed by atoms with Gasteiger partial charge in [0.1, 0.15) is 6.54 Å². The van der Waals surface area contributed by atoms with Gasteiger partial charge in [-0.05, 0) is 25.0 Å². The molecule has 1 aromatic carbocycles. The van der Waals surface area contributed by atoms with E-state index in [-0.39, 0.29) is 12.5 Å². The molecule has 0 fully saturated rings. The first-order valence-corrected chi connectivity index (χ1v) is 7.39. The third-order valence-corrected chi connectivity index (χ3v) is 4.01. The normalized spacial score (nSPS) is 10.7. The Morgan fingerprint density at radius 3 is 2.75 bits per heavy atom. The Morgan fingerprint density at radius 2 is 2.10 bits per heavy atom. The van der Waals surface area contributed by atoms with Gasteiger partial charge in [0.15, 0.2) is 0 Å². The average molecular weight is 291 g/mol. The van der Waals surface area contributed by atoms with E-state index in [0.717, 1.165) is 22.1 Å². The van der Waals surface area contributed by atoms with E-state index in [1.165, 1.54) is 16.2 Å². The van der Waals surface area contributed by atoms with E-state index >= 15 is 0 Å². The summed E-state index contributed by atoms with van der Waals surface area (Å²) in [5.74, 6) is -1.19. The van der Waals surface area contributed by atoms with Crippen molar-refractivity contribution in [1.29, 1.82) is 0 Å². The molecule has 1 heterocycles. The lowest BCUT2D eigenvalue weighted by Crippen LogP contribution is -2.36. The number of nitrogens with zero attached hydrogens (tertiary/aromatic N) is 1. The molecule has 2 aromatic rings. The van der Waals surface area contributed by atoms with Crippen LogP contribution in [-0.2, 0) is 4.79 Å². The molecule has 0 radical (unpaired) electrons. The number of aliphatic carboxylic acids is 1. The third kappa shape index (κ3) is 2.99. The van der Waals surface area contributed by atoms with Crippen LogP contribution in [-0.4, -0.2) is 35.0 Å². The SMILES string of the molecule is CCCN(CC(=O)O)C(=O)c1csc2cc(C)ccc12. The number of rotatable bonds is 5. The van der Waals surface area contributed by atoms with Gasteiger partial charge in [-0.2, -0.15) is 0 Å². The summed E-state index contributed by atoms with van der Waals surface area (Å²) in [4.78, 5) is 24.8. The van der Waals surface area contributed by atoms with Crippen molar-refractivity contribution in [2.45, 2.75) is 20.3 Å². The smallest absolute Gasteiger partial charge is 0.323 e. The van der Waals surface area contributed by atoms with E-state index in [2.05, 4.69) is 0 Å². The van der Waals surface area contributed by atoms with Crippen LogP contribution in [0.4, 0.5) is 0 Å². The molecule has 1 N–H and O–H groups in total. The van der Waals surface area contributed by atoms with Gasteiger partial charge in [-0.15, -0.1) is 11.3 Å². The lowest BCUT2D eigenvalue weighted by atomic mass is 10.1. The van der Waals surface area contributed by atoms with E-state index in [0.29, 0.717) is 12.1 Å². The molecule has 4 nitrogen and oxygen atoms in total. The first kappa shape index (κ1) is 14.5. The van der Waals surface area contributed by atoms with Crippen LogP contribution in [0.15, 0.2) is 23.6 Å². The van der Waals surface area contributed by atoms with Gasteiger partial charge in [-0.3, -0.25) is 9.59 Å². The quantitative estimate of drug-likeness (QED) is 0.920. The number of hydrogen-bond donors (Lipinski definition) is 1. The Hall–Kier alpha value is -1.88. The van der Waals surface area contributed by atoms with Crippen molar-refractivity contribution in [3.8, 4) is 0 Å². The second-order valence-corrected chi connectivity index (χ2v) is 5.68. The molecule has 0 aliphatic carbocycles. The van der Waals surface area contributed by atoms with E-state index in [9.17, 15) is 9.59 Å². The summed E-state index contributed by atoms with van der Waals surface area (Å²) in [5, 5.41) is 11.6. The number of thiophene rings is 1. The van der Waals surface area contributed by atoms with E-state index < -0.39 is 5.97 Å². The summed E-state index contributed by atoms with van der Waals surface area (Å²) in [6.07, 6.45) is 0.736. The van der Waals surface area contributed by atoms with Gasteiger partial charge >= 0.3 is 5.97 Å². The zero-order valence-electron chi connectivity index (χ0n) is 11.5. The molecule has 0 saturated heterocycles. The van der Waals surface area contributed by atoms with Crippen molar-refractivity contribution in [2.75, 3.05) is 13.1 Å². The second kappa shape index (κ2) is 6.05. The Bertz CT molecular complexity index is 648. The standard InChI is InChI=1S/C15H17NO3S/c1-3-6-16(8-14(17)18)15(19)12-9-20-13-7-10(2)4-5-11(12)13/h4-5,7,9H,3,6,8H2,1-2H3,(H,17,18). The average Bonchev–Trinajstić information content (AvgIpc) is 2.79. The van der Waals surface area contributed by atoms with Gasteiger partial charge in [0.25, 0.3) is 5.91 Å². The predicted octanol–water partition coefficient (Wildman–Crippen LogP) is 3.15. The highest BCUT2D eigenvalue weighted by Crippen LogP contribution is 2.28. The molecule has 0 aliphatic rings. The summed E-state index contributed by atoms with van der Waals surface area (Å²) < 4.78 is 1.06. The van der Waals surface area contributed by atoms with Crippen LogP contribution >= 0.6 is 11.3 Å². The molecule has 2 rings (SSSR count). The van der Waals surface area contributed by atoms with Crippen molar-refractivity contribution in [2.24, 2.45) is 0 Å². The summed E-state index contributed by atoms with van der Waals surface area (Å²) in [6.45, 7) is 4.13. The molecular formula is C15H17NO3S. The minimum atomic E-state index is -0.984. The predicted molar refractivity (Wildman–Crippen MR) is 80.4 cm³/mol. The lowest BCUT2D eigenvalue weighted by Gasteiger charge is -2.19. The van der Waals surface area contributed by atoms with Crippen molar-refractivity contribution < 1.29 is 14.7 Å². The summed E-state index contributed by atoms with van der Waals surface area (Å²) in [5.41, 5.74) is 1.74. The third-order valence-electron chi connectivity index (χ3n) is 3.07. The first-order valence-electron chi connectivity index (χ1n) is 6.52.